The van der Waals surface area contributed by atoms with Gasteiger partial charge in [0.2, 0.25) is 0 Å². The maximum absolute atomic E-state index is 7.16. The van der Waals surface area contributed by atoms with Crippen molar-refractivity contribution < 1.29 is 0 Å². The highest BCUT2D eigenvalue weighted by atomic mass is 15.1. The van der Waals surface area contributed by atoms with E-state index in [1.54, 1.807) is 0 Å². The Labute approximate surface area is 90.4 Å². The van der Waals surface area contributed by atoms with E-state index in [2.05, 4.69) is 29.2 Å². The molecule has 2 rings (SSSR count). The lowest BCUT2D eigenvalue weighted by Crippen LogP contribution is -2.19. The van der Waals surface area contributed by atoms with E-state index in [1.165, 1.54) is 11.1 Å². The zero-order valence-corrected chi connectivity index (χ0v) is 8.87. The maximum atomic E-state index is 7.16. The Morgan fingerprint density at radius 3 is 2.40 bits per heavy atom. The van der Waals surface area contributed by atoms with Gasteiger partial charge in [0.15, 0.2) is 0 Å². The fourth-order valence-corrected chi connectivity index (χ4v) is 2.05. The van der Waals surface area contributed by atoms with Crippen LogP contribution in [0.1, 0.15) is 24.0 Å². The molecule has 0 spiro atoms. The molecule has 1 aliphatic heterocycles. The van der Waals surface area contributed by atoms with Crippen molar-refractivity contribution in [2.75, 3.05) is 6.54 Å². The van der Waals surface area contributed by atoms with Crippen LogP contribution in [0.4, 0.5) is 0 Å². The van der Waals surface area contributed by atoms with Crippen LogP contribution in [-0.2, 0) is 13.1 Å². The minimum Gasteiger partial charge on any atom is -0.388 e. The molecule has 80 valence electrons. The third-order valence-electron chi connectivity index (χ3n) is 2.83. The predicted molar refractivity (Wildman–Crippen MR) is 61.7 cm³/mol. The first-order valence-electron chi connectivity index (χ1n) is 5.38. The van der Waals surface area contributed by atoms with Crippen LogP contribution in [0.2, 0.25) is 0 Å². The molecule has 0 amide bonds. The van der Waals surface area contributed by atoms with Crippen molar-refractivity contribution >= 4 is 5.84 Å². The molecule has 0 saturated carbocycles. The van der Waals surface area contributed by atoms with E-state index in [0.29, 0.717) is 12.3 Å². The van der Waals surface area contributed by atoms with Gasteiger partial charge in [0.25, 0.3) is 0 Å². The van der Waals surface area contributed by atoms with E-state index in [1.807, 2.05) is 0 Å². The Kier molecular flexibility index (Phi) is 3.02. The molecule has 0 aromatic heterocycles. The maximum Gasteiger partial charge on any atom is 0.0905 e. The standard InChI is InChI=1S/C12H17N3/c13-12(14)6-3-7-15-8-10-4-1-2-5-11(10)9-15/h1-2,4-5H,3,6-9H2,(H3,13,14). The first kappa shape index (κ1) is 10.2. The molecule has 3 heteroatoms. The number of hydrogen-bond acceptors (Lipinski definition) is 2. The van der Waals surface area contributed by atoms with Crippen molar-refractivity contribution in [3.63, 3.8) is 0 Å². The summed E-state index contributed by atoms with van der Waals surface area (Å²) in [5.74, 6) is 0.298. The van der Waals surface area contributed by atoms with E-state index in [0.717, 1.165) is 26.1 Å². The van der Waals surface area contributed by atoms with Gasteiger partial charge in [-0.15, -0.1) is 0 Å². The second-order valence-electron chi connectivity index (χ2n) is 4.11. The van der Waals surface area contributed by atoms with Gasteiger partial charge in [-0.3, -0.25) is 10.3 Å². The van der Waals surface area contributed by atoms with E-state index < -0.39 is 0 Å². The van der Waals surface area contributed by atoms with Crippen LogP contribution in [0.25, 0.3) is 0 Å². The third kappa shape index (κ3) is 2.57. The summed E-state index contributed by atoms with van der Waals surface area (Å²) in [7, 11) is 0. The van der Waals surface area contributed by atoms with Gasteiger partial charge in [-0.1, -0.05) is 24.3 Å². The summed E-state index contributed by atoms with van der Waals surface area (Å²) in [6.07, 6.45) is 1.70. The topological polar surface area (TPSA) is 53.1 Å². The average Bonchev–Trinajstić information content (AvgIpc) is 2.59. The number of fused-ring (bicyclic) bond motifs is 1. The fraction of sp³-hybridized carbons (Fsp3) is 0.417. The smallest absolute Gasteiger partial charge is 0.0905 e. The zero-order valence-electron chi connectivity index (χ0n) is 8.87. The molecule has 1 aliphatic rings. The van der Waals surface area contributed by atoms with Crippen LogP contribution < -0.4 is 5.73 Å². The van der Waals surface area contributed by atoms with Gasteiger partial charge in [0.05, 0.1) is 5.84 Å². The van der Waals surface area contributed by atoms with Crippen LogP contribution in [0.3, 0.4) is 0 Å². The van der Waals surface area contributed by atoms with Crippen molar-refractivity contribution in [2.24, 2.45) is 5.73 Å². The predicted octanol–water partition coefficient (Wildman–Crippen LogP) is 1.72. The van der Waals surface area contributed by atoms with Crippen molar-refractivity contribution in [3.8, 4) is 0 Å². The van der Waals surface area contributed by atoms with E-state index in [-0.39, 0.29) is 0 Å². The lowest BCUT2D eigenvalue weighted by molar-refractivity contribution is 0.282. The van der Waals surface area contributed by atoms with Gasteiger partial charge in [0, 0.05) is 19.5 Å². The molecular weight excluding hydrogens is 186 g/mol. The number of hydrogen-bond donors (Lipinski definition) is 2. The van der Waals surface area contributed by atoms with Crippen molar-refractivity contribution in [2.45, 2.75) is 25.9 Å². The number of rotatable bonds is 4. The molecule has 3 nitrogen and oxygen atoms in total. The van der Waals surface area contributed by atoms with E-state index in [4.69, 9.17) is 11.1 Å². The van der Waals surface area contributed by atoms with Crippen molar-refractivity contribution in [1.29, 1.82) is 5.41 Å². The summed E-state index contributed by atoms with van der Waals surface area (Å²) >= 11 is 0. The Hall–Kier alpha value is -1.35. The summed E-state index contributed by atoms with van der Waals surface area (Å²) in [5, 5.41) is 7.16. The summed E-state index contributed by atoms with van der Waals surface area (Å²) < 4.78 is 0. The van der Waals surface area contributed by atoms with Crippen LogP contribution in [-0.4, -0.2) is 17.3 Å². The molecule has 0 radical (unpaired) electrons. The molecule has 0 unspecified atom stereocenters. The van der Waals surface area contributed by atoms with Crippen LogP contribution in [0, 0.1) is 5.41 Å². The van der Waals surface area contributed by atoms with Crippen molar-refractivity contribution in [1.82, 2.24) is 4.90 Å². The monoisotopic (exact) mass is 203 g/mol. The largest absolute Gasteiger partial charge is 0.388 e. The number of benzene rings is 1. The number of nitrogens with two attached hydrogens (primary N) is 1. The minimum absolute atomic E-state index is 0.298. The van der Waals surface area contributed by atoms with E-state index >= 15 is 0 Å². The quantitative estimate of drug-likeness (QED) is 0.578. The molecular formula is C12H17N3. The first-order chi connectivity index (χ1) is 7.25. The minimum atomic E-state index is 0.298. The molecule has 0 aliphatic carbocycles. The second-order valence-corrected chi connectivity index (χ2v) is 4.11. The lowest BCUT2D eigenvalue weighted by atomic mass is 10.1. The molecule has 0 atom stereocenters. The van der Waals surface area contributed by atoms with Gasteiger partial charge in [-0.25, -0.2) is 0 Å². The highest BCUT2D eigenvalue weighted by molar-refractivity contribution is 5.76. The summed E-state index contributed by atoms with van der Waals surface area (Å²) in [6.45, 7) is 3.14. The van der Waals surface area contributed by atoms with Crippen molar-refractivity contribution in [3.05, 3.63) is 35.4 Å². The zero-order chi connectivity index (χ0) is 10.7. The first-order valence-corrected chi connectivity index (χ1v) is 5.38. The number of amidine groups is 1. The van der Waals surface area contributed by atoms with Gasteiger partial charge in [-0.05, 0) is 24.1 Å². The van der Waals surface area contributed by atoms with Crippen LogP contribution >= 0.6 is 0 Å². The average molecular weight is 203 g/mol. The van der Waals surface area contributed by atoms with Gasteiger partial charge in [0.1, 0.15) is 0 Å². The molecule has 1 aromatic rings. The van der Waals surface area contributed by atoms with Gasteiger partial charge < -0.3 is 5.73 Å². The second kappa shape index (κ2) is 4.45. The normalized spacial score (nSPS) is 15.2. The van der Waals surface area contributed by atoms with E-state index in [9.17, 15) is 0 Å². The Morgan fingerprint density at radius 1 is 1.27 bits per heavy atom. The lowest BCUT2D eigenvalue weighted by Gasteiger charge is -2.13. The Balaban J connectivity index is 1.83. The third-order valence-corrected chi connectivity index (χ3v) is 2.83. The number of nitrogens with one attached hydrogen (secondary N) is 1. The van der Waals surface area contributed by atoms with Gasteiger partial charge >= 0.3 is 0 Å². The summed E-state index contributed by atoms with van der Waals surface area (Å²) in [5.41, 5.74) is 8.22. The molecule has 3 N–H and O–H groups in total. The van der Waals surface area contributed by atoms with Gasteiger partial charge in [-0.2, -0.15) is 0 Å². The fourth-order valence-electron chi connectivity index (χ4n) is 2.05. The highest BCUT2D eigenvalue weighted by Crippen LogP contribution is 2.22. The SMILES string of the molecule is N=C(N)CCCN1Cc2ccccc2C1. The van der Waals surface area contributed by atoms with Crippen LogP contribution in [0.15, 0.2) is 24.3 Å². The Morgan fingerprint density at radius 2 is 1.87 bits per heavy atom. The molecule has 0 saturated heterocycles. The molecule has 1 aromatic carbocycles. The summed E-state index contributed by atoms with van der Waals surface area (Å²) in [4.78, 5) is 2.41. The highest BCUT2D eigenvalue weighted by Gasteiger charge is 2.17. The molecule has 1 heterocycles. The van der Waals surface area contributed by atoms with Crippen LogP contribution in [0.5, 0.6) is 0 Å². The Bertz CT molecular complexity index is 335. The molecule has 0 fully saturated rings. The molecule has 0 bridgehead atoms. The summed E-state index contributed by atoms with van der Waals surface area (Å²) in [6, 6.07) is 8.58. The number of nitrogens with zero attached hydrogens (tertiary/aromatic N) is 1. The molecule has 15 heavy (non-hydrogen) atoms.